The molecule has 0 aromatic heterocycles. The van der Waals surface area contributed by atoms with Crippen LogP contribution in [0.4, 0.5) is 10.5 Å². The second kappa shape index (κ2) is 9.33. The molecule has 6 nitrogen and oxygen atoms in total. The summed E-state index contributed by atoms with van der Waals surface area (Å²) in [6.45, 7) is 2.02. The molecule has 26 heavy (non-hydrogen) atoms. The van der Waals surface area contributed by atoms with Gasteiger partial charge in [0.2, 0.25) is 5.75 Å². The van der Waals surface area contributed by atoms with Crippen LogP contribution in [-0.2, 0) is 0 Å². The lowest BCUT2D eigenvalue weighted by molar-refractivity contribution is 0.248. The first-order valence-electron chi connectivity index (χ1n) is 8.15. The number of nitrogens with one attached hydrogen (secondary N) is 2. The number of anilines is 1. The first kappa shape index (κ1) is 19.9. The highest BCUT2D eigenvalue weighted by molar-refractivity contribution is 9.10. The predicted molar refractivity (Wildman–Crippen MR) is 105 cm³/mol. The molecule has 0 fully saturated rings. The summed E-state index contributed by atoms with van der Waals surface area (Å²) in [6.07, 6.45) is 0.768. The van der Waals surface area contributed by atoms with Gasteiger partial charge in [-0.3, -0.25) is 0 Å². The van der Waals surface area contributed by atoms with E-state index in [1.807, 2.05) is 31.2 Å². The van der Waals surface area contributed by atoms with Crippen LogP contribution in [0.2, 0.25) is 0 Å². The van der Waals surface area contributed by atoms with Gasteiger partial charge in [0.25, 0.3) is 0 Å². The number of rotatable bonds is 7. The summed E-state index contributed by atoms with van der Waals surface area (Å²) >= 11 is 3.42. The monoisotopic (exact) mass is 422 g/mol. The molecule has 0 aliphatic rings. The average molecular weight is 423 g/mol. The van der Waals surface area contributed by atoms with E-state index in [0.717, 1.165) is 16.5 Å². The molecule has 0 spiro atoms. The Morgan fingerprint density at radius 2 is 1.62 bits per heavy atom. The Morgan fingerprint density at radius 3 is 2.08 bits per heavy atom. The molecule has 0 unspecified atom stereocenters. The van der Waals surface area contributed by atoms with Gasteiger partial charge >= 0.3 is 6.03 Å². The molecule has 0 heterocycles. The molecule has 0 saturated heterocycles. The second-order valence-electron chi connectivity index (χ2n) is 5.52. The molecule has 2 N–H and O–H groups in total. The highest BCUT2D eigenvalue weighted by Gasteiger charge is 2.16. The first-order chi connectivity index (χ1) is 12.5. The maximum Gasteiger partial charge on any atom is 0.319 e. The van der Waals surface area contributed by atoms with Crippen LogP contribution in [0.15, 0.2) is 40.9 Å². The quantitative estimate of drug-likeness (QED) is 0.675. The van der Waals surface area contributed by atoms with E-state index in [9.17, 15) is 4.79 Å². The summed E-state index contributed by atoms with van der Waals surface area (Å²) in [6, 6.07) is 10.8. The van der Waals surface area contributed by atoms with Gasteiger partial charge in [-0.25, -0.2) is 4.79 Å². The van der Waals surface area contributed by atoms with Crippen molar-refractivity contribution in [1.82, 2.24) is 5.32 Å². The number of carbonyl (C=O) groups is 1. The van der Waals surface area contributed by atoms with Gasteiger partial charge in [-0.05, 0) is 24.1 Å². The number of hydrogen-bond donors (Lipinski definition) is 2. The van der Waals surface area contributed by atoms with E-state index in [-0.39, 0.29) is 12.1 Å². The summed E-state index contributed by atoms with van der Waals surface area (Å²) in [4.78, 5) is 12.4. The van der Waals surface area contributed by atoms with Crippen LogP contribution in [0.25, 0.3) is 0 Å². The Hall–Kier alpha value is -2.41. The van der Waals surface area contributed by atoms with Crippen LogP contribution in [-0.4, -0.2) is 27.4 Å². The zero-order valence-corrected chi connectivity index (χ0v) is 16.8. The first-order valence-corrected chi connectivity index (χ1v) is 8.94. The van der Waals surface area contributed by atoms with E-state index < -0.39 is 0 Å². The van der Waals surface area contributed by atoms with Crippen molar-refractivity contribution >= 4 is 27.6 Å². The standard InChI is InChI=1S/C19H23BrN2O4/c1-5-15(12-6-8-13(20)9-7-12)22-19(23)21-14-10-16(24-2)18(26-4)17(11-14)25-3/h6-11,15H,5H2,1-4H3,(H2,21,22,23)/t15-/m0/s1. The van der Waals surface area contributed by atoms with Crippen molar-refractivity contribution in [1.29, 1.82) is 0 Å². The number of carbonyl (C=O) groups excluding carboxylic acids is 1. The smallest absolute Gasteiger partial charge is 0.319 e. The van der Waals surface area contributed by atoms with Crippen LogP contribution in [0.5, 0.6) is 17.2 Å². The van der Waals surface area contributed by atoms with Crippen LogP contribution in [0.1, 0.15) is 24.9 Å². The third-order valence-corrected chi connectivity index (χ3v) is 4.44. The molecule has 2 aromatic carbocycles. The topological polar surface area (TPSA) is 68.8 Å². The highest BCUT2D eigenvalue weighted by atomic mass is 79.9. The molecule has 0 radical (unpaired) electrons. The van der Waals surface area contributed by atoms with Gasteiger partial charge in [-0.15, -0.1) is 0 Å². The lowest BCUT2D eigenvalue weighted by atomic mass is 10.1. The second-order valence-corrected chi connectivity index (χ2v) is 6.44. The Labute approximate surface area is 162 Å². The third kappa shape index (κ3) is 4.82. The van der Waals surface area contributed by atoms with Gasteiger partial charge < -0.3 is 24.8 Å². The normalized spacial score (nSPS) is 11.4. The van der Waals surface area contributed by atoms with E-state index in [0.29, 0.717) is 22.9 Å². The number of urea groups is 1. The molecule has 2 amide bonds. The van der Waals surface area contributed by atoms with E-state index in [1.165, 1.54) is 21.3 Å². The lowest BCUT2D eigenvalue weighted by Crippen LogP contribution is -2.32. The van der Waals surface area contributed by atoms with Gasteiger partial charge in [-0.1, -0.05) is 35.0 Å². The van der Waals surface area contributed by atoms with Crippen molar-refractivity contribution in [2.24, 2.45) is 0 Å². The van der Waals surface area contributed by atoms with Crippen LogP contribution >= 0.6 is 15.9 Å². The third-order valence-electron chi connectivity index (χ3n) is 3.91. The zero-order valence-electron chi connectivity index (χ0n) is 15.3. The molecule has 140 valence electrons. The summed E-state index contributed by atoms with van der Waals surface area (Å²) in [5.41, 5.74) is 1.58. The molecule has 0 aliphatic heterocycles. The van der Waals surface area contributed by atoms with E-state index in [1.54, 1.807) is 12.1 Å². The van der Waals surface area contributed by atoms with E-state index in [2.05, 4.69) is 26.6 Å². The number of halogens is 1. The van der Waals surface area contributed by atoms with Gasteiger partial charge in [-0.2, -0.15) is 0 Å². The van der Waals surface area contributed by atoms with Crippen molar-refractivity contribution in [3.05, 3.63) is 46.4 Å². The van der Waals surface area contributed by atoms with Gasteiger partial charge in [0, 0.05) is 16.6 Å². The van der Waals surface area contributed by atoms with Gasteiger partial charge in [0.15, 0.2) is 11.5 Å². The Bertz CT molecular complexity index is 725. The molecule has 0 aliphatic carbocycles. The van der Waals surface area contributed by atoms with Crippen LogP contribution in [0.3, 0.4) is 0 Å². The highest BCUT2D eigenvalue weighted by Crippen LogP contribution is 2.39. The minimum Gasteiger partial charge on any atom is -0.493 e. The molecule has 2 rings (SSSR count). The van der Waals surface area contributed by atoms with Crippen LogP contribution < -0.4 is 24.8 Å². The number of amides is 2. The lowest BCUT2D eigenvalue weighted by Gasteiger charge is -2.19. The Morgan fingerprint density at radius 1 is 1.04 bits per heavy atom. The SMILES string of the molecule is CC[C@H](NC(=O)Nc1cc(OC)c(OC)c(OC)c1)c1ccc(Br)cc1. The van der Waals surface area contributed by atoms with Crippen molar-refractivity contribution in [3.8, 4) is 17.2 Å². The van der Waals surface area contributed by atoms with Crippen molar-refractivity contribution < 1.29 is 19.0 Å². The molecular weight excluding hydrogens is 400 g/mol. The zero-order chi connectivity index (χ0) is 19.1. The number of benzene rings is 2. The van der Waals surface area contributed by atoms with Crippen molar-refractivity contribution in [2.75, 3.05) is 26.6 Å². The van der Waals surface area contributed by atoms with Crippen LogP contribution in [0, 0.1) is 0 Å². The fourth-order valence-electron chi connectivity index (χ4n) is 2.59. The minimum atomic E-state index is -0.311. The predicted octanol–water partition coefficient (Wildman–Crippen LogP) is 4.75. The number of hydrogen-bond acceptors (Lipinski definition) is 4. The van der Waals surface area contributed by atoms with Gasteiger partial charge in [0.1, 0.15) is 0 Å². The fourth-order valence-corrected chi connectivity index (χ4v) is 2.86. The molecule has 0 saturated carbocycles. The minimum absolute atomic E-state index is 0.0925. The summed E-state index contributed by atoms with van der Waals surface area (Å²) in [7, 11) is 4.59. The maximum atomic E-state index is 12.4. The Balaban J connectivity index is 2.14. The summed E-state index contributed by atoms with van der Waals surface area (Å²) in [5.74, 6) is 1.42. The summed E-state index contributed by atoms with van der Waals surface area (Å²) < 4.78 is 16.9. The fraction of sp³-hybridized carbons (Fsp3) is 0.316. The van der Waals surface area contributed by atoms with E-state index in [4.69, 9.17) is 14.2 Å². The number of methoxy groups -OCH3 is 3. The largest absolute Gasteiger partial charge is 0.493 e. The maximum absolute atomic E-state index is 12.4. The number of ether oxygens (including phenoxy) is 3. The summed E-state index contributed by atoms with van der Waals surface area (Å²) in [5, 5.41) is 5.79. The van der Waals surface area contributed by atoms with Gasteiger partial charge in [0.05, 0.1) is 33.1 Å². The molecule has 7 heteroatoms. The van der Waals surface area contributed by atoms with Crippen molar-refractivity contribution in [3.63, 3.8) is 0 Å². The molecule has 0 bridgehead atoms. The van der Waals surface area contributed by atoms with Crippen molar-refractivity contribution in [2.45, 2.75) is 19.4 Å². The average Bonchev–Trinajstić information content (AvgIpc) is 2.65. The molecule has 2 aromatic rings. The molecular formula is C19H23BrN2O4. The molecule has 1 atom stereocenters. The Kier molecular flexibility index (Phi) is 7.15. The van der Waals surface area contributed by atoms with E-state index >= 15 is 0 Å².